The summed E-state index contributed by atoms with van der Waals surface area (Å²) in [5, 5.41) is 0. The van der Waals surface area contributed by atoms with Gasteiger partial charge in [-0.1, -0.05) is 29.8 Å². The summed E-state index contributed by atoms with van der Waals surface area (Å²) in [5.74, 6) is 0. The zero-order valence-electron chi connectivity index (χ0n) is 9.35. The Morgan fingerprint density at radius 3 is 2.81 bits per heavy atom. The monoisotopic (exact) mass is 213 g/mol. The molecule has 0 amide bonds. The largest absolute Gasteiger partial charge is 0.333 e. The van der Waals surface area contributed by atoms with Crippen LogP contribution in [0.1, 0.15) is 23.7 Å². The molecule has 3 nitrogen and oxygen atoms in total. The summed E-state index contributed by atoms with van der Waals surface area (Å²) in [6.07, 6.45) is 2.92. The van der Waals surface area contributed by atoms with Crippen molar-refractivity contribution in [2.45, 2.75) is 25.9 Å². The van der Waals surface area contributed by atoms with E-state index >= 15 is 0 Å². The Labute approximate surface area is 94.9 Å². The maximum atomic E-state index is 6.10. The summed E-state index contributed by atoms with van der Waals surface area (Å²) >= 11 is 0. The maximum absolute atomic E-state index is 6.10. The molecule has 1 aliphatic rings. The van der Waals surface area contributed by atoms with Gasteiger partial charge in [-0.05, 0) is 13.3 Å². The van der Waals surface area contributed by atoms with Gasteiger partial charge in [0.2, 0.25) is 0 Å². The number of imidazole rings is 1. The van der Waals surface area contributed by atoms with Crippen molar-refractivity contribution in [3.8, 4) is 11.3 Å². The van der Waals surface area contributed by atoms with Gasteiger partial charge in [0.25, 0.3) is 0 Å². The molecule has 16 heavy (non-hydrogen) atoms. The molecule has 0 radical (unpaired) electrons. The Morgan fingerprint density at radius 1 is 1.31 bits per heavy atom. The Bertz CT molecular complexity index is 510. The maximum Gasteiger partial charge on any atom is 0.0956 e. The second-order valence-corrected chi connectivity index (χ2v) is 4.43. The van der Waals surface area contributed by atoms with Gasteiger partial charge in [0.15, 0.2) is 0 Å². The van der Waals surface area contributed by atoms with E-state index in [2.05, 4.69) is 40.7 Å². The molecule has 1 aromatic carbocycles. The van der Waals surface area contributed by atoms with E-state index in [1.54, 1.807) is 0 Å². The van der Waals surface area contributed by atoms with Gasteiger partial charge in [0.05, 0.1) is 17.7 Å². The Morgan fingerprint density at radius 2 is 2.06 bits per heavy atom. The fourth-order valence-corrected chi connectivity index (χ4v) is 2.31. The lowest BCUT2D eigenvalue weighted by Gasteiger charge is -2.05. The molecule has 0 aliphatic carbocycles. The highest BCUT2D eigenvalue weighted by Crippen LogP contribution is 2.32. The third kappa shape index (κ3) is 1.36. The number of hydrogen-bond acceptors (Lipinski definition) is 2. The van der Waals surface area contributed by atoms with Crippen molar-refractivity contribution in [3.05, 3.63) is 41.9 Å². The van der Waals surface area contributed by atoms with Crippen LogP contribution in [0.25, 0.3) is 11.3 Å². The Kier molecular flexibility index (Phi) is 2.07. The minimum absolute atomic E-state index is 0.138. The molecule has 1 aromatic heterocycles. The Hall–Kier alpha value is -1.61. The van der Waals surface area contributed by atoms with Crippen molar-refractivity contribution in [1.29, 1.82) is 0 Å². The van der Waals surface area contributed by atoms with Gasteiger partial charge in [0.1, 0.15) is 0 Å². The molecule has 0 spiro atoms. The predicted molar refractivity (Wildman–Crippen MR) is 63.9 cm³/mol. The number of benzene rings is 1. The molecule has 3 rings (SSSR count). The zero-order chi connectivity index (χ0) is 11.1. The van der Waals surface area contributed by atoms with E-state index in [0.29, 0.717) is 0 Å². The molecule has 2 aromatic rings. The van der Waals surface area contributed by atoms with E-state index < -0.39 is 0 Å². The SMILES string of the molecule is Cc1ccc(-c2ncn3c2C(N)CC3)cc1. The molecule has 1 aliphatic heterocycles. The van der Waals surface area contributed by atoms with Crippen molar-refractivity contribution in [2.75, 3.05) is 0 Å². The third-order valence-electron chi connectivity index (χ3n) is 3.24. The zero-order valence-corrected chi connectivity index (χ0v) is 9.35. The highest BCUT2D eigenvalue weighted by atomic mass is 15.1. The van der Waals surface area contributed by atoms with Gasteiger partial charge >= 0.3 is 0 Å². The van der Waals surface area contributed by atoms with E-state index in [4.69, 9.17) is 5.73 Å². The molecule has 2 heterocycles. The van der Waals surface area contributed by atoms with Crippen LogP contribution in [0.4, 0.5) is 0 Å². The fraction of sp³-hybridized carbons (Fsp3) is 0.308. The number of hydrogen-bond donors (Lipinski definition) is 1. The van der Waals surface area contributed by atoms with Crippen LogP contribution in [-0.4, -0.2) is 9.55 Å². The normalized spacial score (nSPS) is 18.8. The van der Waals surface area contributed by atoms with Crippen LogP contribution < -0.4 is 5.73 Å². The highest BCUT2D eigenvalue weighted by molar-refractivity contribution is 5.63. The van der Waals surface area contributed by atoms with Crippen molar-refractivity contribution in [2.24, 2.45) is 5.73 Å². The summed E-state index contributed by atoms with van der Waals surface area (Å²) in [7, 11) is 0. The average Bonchev–Trinajstić information content (AvgIpc) is 2.84. The first-order valence-corrected chi connectivity index (χ1v) is 5.63. The minimum atomic E-state index is 0.138. The fourth-order valence-electron chi connectivity index (χ4n) is 2.31. The summed E-state index contributed by atoms with van der Waals surface area (Å²) in [6, 6.07) is 8.59. The minimum Gasteiger partial charge on any atom is -0.333 e. The third-order valence-corrected chi connectivity index (χ3v) is 3.24. The molecule has 1 atom stereocenters. The van der Waals surface area contributed by atoms with Gasteiger partial charge in [-0.15, -0.1) is 0 Å². The topological polar surface area (TPSA) is 43.8 Å². The smallest absolute Gasteiger partial charge is 0.0956 e. The van der Waals surface area contributed by atoms with Crippen LogP contribution in [-0.2, 0) is 6.54 Å². The van der Waals surface area contributed by atoms with Crippen LogP contribution in [0.15, 0.2) is 30.6 Å². The first kappa shape index (κ1) is 9.60. The second-order valence-electron chi connectivity index (χ2n) is 4.43. The van der Waals surface area contributed by atoms with Crippen LogP contribution >= 0.6 is 0 Å². The molecule has 1 unspecified atom stereocenters. The number of aromatic nitrogens is 2. The molecule has 0 saturated heterocycles. The summed E-state index contributed by atoms with van der Waals surface area (Å²) in [4.78, 5) is 4.47. The van der Waals surface area contributed by atoms with Crippen molar-refractivity contribution < 1.29 is 0 Å². The first-order chi connectivity index (χ1) is 7.75. The van der Waals surface area contributed by atoms with Gasteiger partial charge in [0, 0.05) is 18.2 Å². The second kappa shape index (κ2) is 3.46. The molecule has 3 heteroatoms. The summed E-state index contributed by atoms with van der Waals surface area (Å²) in [6.45, 7) is 3.09. The number of fused-ring (bicyclic) bond motifs is 1. The van der Waals surface area contributed by atoms with Crippen molar-refractivity contribution >= 4 is 0 Å². The quantitative estimate of drug-likeness (QED) is 0.789. The molecule has 0 fully saturated rings. The lowest BCUT2D eigenvalue weighted by Crippen LogP contribution is -2.06. The molecule has 0 bridgehead atoms. The van der Waals surface area contributed by atoms with E-state index in [1.165, 1.54) is 11.3 Å². The molecular weight excluding hydrogens is 198 g/mol. The summed E-state index contributed by atoms with van der Waals surface area (Å²) in [5.41, 5.74) is 10.8. The number of rotatable bonds is 1. The lowest BCUT2D eigenvalue weighted by molar-refractivity contribution is 0.679. The number of aryl methyl sites for hydroxylation is 2. The number of nitrogens with zero attached hydrogens (tertiary/aromatic N) is 2. The van der Waals surface area contributed by atoms with E-state index in [9.17, 15) is 0 Å². The van der Waals surface area contributed by atoms with Gasteiger partial charge in [-0.3, -0.25) is 0 Å². The lowest BCUT2D eigenvalue weighted by atomic mass is 10.1. The predicted octanol–water partition coefficient (Wildman–Crippen LogP) is 2.26. The van der Waals surface area contributed by atoms with Gasteiger partial charge < -0.3 is 10.3 Å². The van der Waals surface area contributed by atoms with Crippen LogP contribution in [0.5, 0.6) is 0 Å². The van der Waals surface area contributed by atoms with Gasteiger partial charge in [-0.25, -0.2) is 4.98 Å². The highest BCUT2D eigenvalue weighted by Gasteiger charge is 2.24. The molecule has 2 N–H and O–H groups in total. The molecule has 82 valence electrons. The Balaban J connectivity index is 2.11. The molecule has 0 saturated carbocycles. The van der Waals surface area contributed by atoms with E-state index in [-0.39, 0.29) is 6.04 Å². The van der Waals surface area contributed by atoms with Crippen LogP contribution in [0, 0.1) is 6.92 Å². The van der Waals surface area contributed by atoms with Crippen molar-refractivity contribution in [1.82, 2.24) is 9.55 Å². The van der Waals surface area contributed by atoms with Crippen LogP contribution in [0.2, 0.25) is 0 Å². The number of nitrogens with two attached hydrogens (primary N) is 1. The van der Waals surface area contributed by atoms with Crippen LogP contribution in [0.3, 0.4) is 0 Å². The molecular formula is C13H15N3. The van der Waals surface area contributed by atoms with Gasteiger partial charge in [-0.2, -0.15) is 0 Å². The first-order valence-electron chi connectivity index (χ1n) is 5.63. The van der Waals surface area contributed by atoms with Crippen molar-refractivity contribution in [3.63, 3.8) is 0 Å². The van der Waals surface area contributed by atoms with E-state index in [1.807, 2.05) is 6.33 Å². The average molecular weight is 213 g/mol. The van der Waals surface area contributed by atoms with E-state index in [0.717, 1.165) is 24.2 Å². The standard InChI is InChI=1S/C13H15N3/c1-9-2-4-10(5-3-9)12-13-11(14)6-7-16(13)8-15-12/h2-5,8,11H,6-7,14H2,1H3. The summed E-state index contributed by atoms with van der Waals surface area (Å²) < 4.78 is 2.17.